The van der Waals surface area contributed by atoms with E-state index in [9.17, 15) is 13.2 Å². The SMILES string of the molecule is Cc1ccccc1S(=O)(=O)NCC(=O)Nc1cc(Cl)ccc1Cl. The molecule has 5 nitrogen and oxygen atoms in total. The van der Waals surface area contributed by atoms with E-state index in [4.69, 9.17) is 23.2 Å². The lowest BCUT2D eigenvalue weighted by Crippen LogP contribution is -2.33. The molecule has 0 aliphatic heterocycles. The highest BCUT2D eigenvalue weighted by Crippen LogP contribution is 2.25. The topological polar surface area (TPSA) is 75.3 Å². The molecule has 0 unspecified atom stereocenters. The molecular formula is C15H14Cl2N2O3S. The quantitative estimate of drug-likeness (QED) is 0.845. The Morgan fingerprint density at radius 2 is 1.83 bits per heavy atom. The van der Waals surface area contributed by atoms with Gasteiger partial charge in [-0.15, -0.1) is 0 Å². The highest BCUT2D eigenvalue weighted by Gasteiger charge is 2.17. The number of carbonyl (C=O) groups is 1. The number of hydrogen-bond donors (Lipinski definition) is 2. The minimum absolute atomic E-state index is 0.133. The van der Waals surface area contributed by atoms with E-state index in [1.54, 1.807) is 31.2 Å². The van der Waals surface area contributed by atoms with Gasteiger partial charge in [0.05, 0.1) is 22.2 Å². The number of amides is 1. The first kappa shape index (κ1) is 17.7. The first-order valence-electron chi connectivity index (χ1n) is 6.60. The number of rotatable bonds is 5. The largest absolute Gasteiger partial charge is 0.324 e. The van der Waals surface area contributed by atoms with Crippen molar-refractivity contribution in [1.82, 2.24) is 4.72 Å². The highest BCUT2D eigenvalue weighted by atomic mass is 35.5. The van der Waals surface area contributed by atoms with Gasteiger partial charge in [-0.2, -0.15) is 0 Å². The van der Waals surface area contributed by atoms with Crippen molar-refractivity contribution in [3.63, 3.8) is 0 Å². The Hall–Kier alpha value is -1.60. The molecule has 0 aromatic heterocycles. The number of benzene rings is 2. The van der Waals surface area contributed by atoms with Crippen molar-refractivity contribution in [1.29, 1.82) is 0 Å². The summed E-state index contributed by atoms with van der Waals surface area (Å²) in [5.41, 5.74) is 0.914. The maximum atomic E-state index is 12.2. The molecule has 0 spiro atoms. The Morgan fingerprint density at radius 1 is 1.13 bits per heavy atom. The molecule has 0 saturated heterocycles. The van der Waals surface area contributed by atoms with Crippen molar-refractivity contribution in [2.45, 2.75) is 11.8 Å². The van der Waals surface area contributed by atoms with Crippen molar-refractivity contribution in [2.24, 2.45) is 0 Å². The second-order valence-corrected chi connectivity index (χ2v) is 7.34. The van der Waals surface area contributed by atoms with E-state index in [2.05, 4.69) is 10.0 Å². The lowest BCUT2D eigenvalue weighted by Gasteiger charge is -2.10. The van der Waals surface area contributed by atoms with Crippen LogP contribution in [-0.2, 0) is 14.8 Å². The van der Waals surface area contributed by atoms with Crippen LogP contribution in [0.15, 0.2) is 47.4 Å². The third-order valence-electron chi connectivity index (χ3n) is 3.01. The zero-order valence-corrected chi connectivity index (χ0v) is 14.5. The summed E-state index contributed by atoms with van der Waals surface area (Å²) in [6.45, 7) is 1.26. The fourth-order valence-electron chi connectivity index (χ4n) is 1.88. The van der Waals surface area contributed by atoms with Crippen molar-refractivity contribution >= 4 is 44.8 Å². The van der Waals surface area contributed by atoms with Crippen LogP contribution in [0.2, 0.25) is 10.0 Å². The normalized spacial score (nSPS) is 11.3. The molecular weight excluding hydrogens is 359 g/mol. The Balaban J connectivity index is 2.04. The molecule has 0 heterocycles. The minimum atomic E-state index is -3.77. The molecule has 2 N–H and O–H groups in total. The summed E-state index contributed by atoms with van der Waals surface area (Å²) in [7, 11) is -3.77. The van der Waals surface area contributed by atoms with E-state index < -0.39 is 22.5 Å². The molecule has 2 rings (SSSR count). The monoisotopic (exact) mass is 372 g/mol. The first-order chi connectivity index (χ1) is 10.8. The molecule has 122 valence electrons. The van der Waals surface area contributed by atoms with E-state index >= 15 is 0 Å². The van der Waals surface area contributed by atoms with E-state index in [0.29, 0.717) is 21.3 Å². The summed E-state index contributed by atoms with van der Waals surface area (Å²) in [5.74, 6) is -0.550. The zero-order valence-electron chi connectivity index (χ0n) is 12.1. The van der Waals surface area contributed by atoms with Gasteiger partial charge in [-0.05, 0) is 36.8 Å². The third-order valence-corrected chi connectivity index (χ3v) is 5.13. The number of sulfonamides is 1. The van der Waals surface area contributed by atoms with Crippen molar-refractivity contribution in [3.05, 3.63) is 58.1 Å². The maximum Gasteiger partial charge on any atom is 0.241 e. The summed E-state index contributed by atoms with van der Waals surface area (Å²) in [6, 6.07) is 11.1. The van der Waals surface area contributed by atoms with Crippen LogP contribution in [0.4, 0.5) is 5.69 Å². The van der Waals surface area contributed by atoms with Crippen LogP contribution >= 0.6 is 23.2 Å². The summed E-state index contributed by atoms with van der Waals surface area (Å²) in [5, 5.41) is 3.22. The van der Waals surface area contributed by atoms with Gasteiger partial charge in [0.2, 0.25) is 15.9 Å². The van der Waals surface area contributed by atoms with Gasteiger partial charge in [0.25, 0.3) is 0 Å². The van der Waals surface area contributed by atoms with Gasteiger partial charge >= 0.3 is 0 Å². The van der Waals surface area contributed by atoms with Gasteiger partial charge < -0.3 is 5.32 Å². The van der Waals surface area contributed by atoms with Crippen LogP contribution in [0.5, 0.6) is 0 Å². The third kappa shape index (κ3) is 4.68. The van der Waals surface area contributed by atoms with Gasteiger partial charge in [-0.1, -0.05) is 41.4 Å². The van der Waals surface area contributed by atoms with Gasteiger partial charge in [-0.25, -0.2) is 13.1 Å². The predicted molar refractivity (Wildman–Crippen MR) is 91.5 cm³/mol. The summed E-state index contributed by atoms with van der Waals surface area (Å²) in [4.78, 5) is 12.0. The average Bonchev–Trinajstić information content (AvgIpc) is 2.49. The van der Waals surface area contributed by atoms with Crippen LogP contribution in [0.3, 0.4) is 0 Å². The molecule has 0 aliphatic carbocycles. The number of carbonyl (C=O) groups excluding carboxylic acids is 1. The van der Waals surface area contributed by atoms with Gasteiger partial charge in [-0.3, -0.25) is 4.79 Å². The number of nitrogens with one attached hydrogen (secondary N) is 2. The second-order valence-electron chi connectivity index (χ2n) is 4.76. The lowest BCUT2D eigenvalue weighted by molar-refractivity contribution is -0.115. The molecule has 0 saturated carbocycles. The summed E-state index contributed by atoms with van der Waals surface area (Å²) < 4.78 is 26.6. The van der Waals surface area contributed by atoms with Gasteiger partial charge in [0.1, 0.15) is 0 Å². The maximum absolute atomic E-state index is 12.2. The molecule has 2 aromatic rings. The summed E-state index contributed by atoms with van der Waals surface area (Å²) in [6.07, 6.45) is 0. The van der Waals surface area contributed by atoms with E-state index in [-0.39, 0.29) is 4.90 Å². The average molecular weight is 373 g/mol. The standard InChI is InChI=1S/C15H14Cl2N2O3S/c1-10-4-2-3-5-14(10)23(21,22)18-9-15(20)19-13-8-11(16)6-7-12(13)17/h2-8,18H,9H2,1H3,(H,19,20). The van der Waals surface area contributed by atoms with Crippen molar-refractivity contribution in [3.8, 4) is 0 Å². The molecule has 8 heteroatoms. The fourth-order valence-corrected chi connectivity index (χ4v) is 3.45. The van der Waals surface area contributed by atoms with E-state index in [1.165, 1.54) is 18.2 Å². The van der Waals surface area contributed by atoms with Gasteiger partial charge in [0, 0.05) is 5.02 Å². The van der Waals surface area contributed by atoms with E-state index in [0.717, 1.165) is 0 Å². The fraction of sp³-hybridized carbons (Fsp3) is 0.133. The Bertz CT molecular complexity index is 838. The van der Waals surface area contributed by atoms with Crippen LogP contribution in [0, 0.1) is 6.92 Å². The van der Waals surface area contributed by atoms with Crippen LogP contribution in [0.1, 0.15) is 5.56 Å². The Labute approximate surface area is 144 Å². The molecule has 0 atom stereocenters. The molecule has 0 fully saturated rings. The second kappa shape index (κ2) is 7.31. The zero-order chi connectivity index (χ0) is 17.0. The van der Waals surface area contributed by atoms with Crippen molar-refractivity contribution in [2.75, 3.05) is 11.9 Å². The summed E-state index contributed by atoms with van der Waals surface area (Å²) >= 11 is 11.8. The highest BCUT2D eigenvalue weighted by molar-refractivity contribution is 7.89. The number of anilines is 1. The number of aryl methyl sites for hydroxylation is 1. The Morgan fingerprint density at radius 3 is 2.52 bits per heavy atom. The Kier molecular flexibility index (Phi) is 5.64. The van der Waals surface area contributed by atoms with Gasteiger partial charge in [0.15, 0.2) is 0 Å². The molecule has 1 amide bonds. The van der Waals surface area contributed by atoms with Crippen LogP contribution < -0.4 is 10.0 Å². The van der Waals surface area contributed by atoms with Crippen LogP contribution in [-0.4, -0.2) is 20.9 Å². The molecule has 0 bridgehead atoms. The molecule has 0 aliphatic rings. The minimum Gasteiger partial charge on any atom is -0.324 e. The lowest BCUT2D eigenvalue weighted by atomic mass is 10.2. The predicted octanol–water partition coefficient (Wildman–Crippen LogP) is 3.22. The molecule has 2 aromatic carbocycles. The van der Waals surface area contributed by atoms with Crippen LogP contribution in [0.25, 0.3) is 0 Å². The smallest absolute Gasteiger partial charge is 0.241 e. The number of hydrogen-bond acceptors (Lipinski definition) is 3. The molecule has 23 heavy (non-hydrogen) atoms. The van der Waals surface area contributed by atoms with E-state index in [1.807, 2.05) is 0 Å². The number of halogens is 2. The van der Waals surface area contributed by atoms with Crippen molar-refractivity contribution < 1.29 is 13.2 Å². The molecule has 0 radical (unpaired) electrons. The first-order valence-corrected chi connectivity index (χ1v) is 8.84.